The molecule has 0 radical (unpaired) electrons. The predicted molar refractivity (Wildman–Crippen MR) is 87.0 cm³/mol. The first kappa shape index (κ1) is 16.4. The van der Waals surface area contributed by atoms with E-state index in [1.54, 1.807) is 23.1 Å². The molecule has 1 fully saturated rings. The largest absolute Gasteiger partial charge is 0.377 e. The molecule has 1 amide bonds. The third-order valence-electron chi connectivity index (χ3n) is 4.39. The molecule has 6 nitrogen and oxygen atoms in total. The van der Waals surface area contributed by atoms with Gasteiger partial charge in [0.2, 0.25) is 15.9 Å². The van der Waals surface area contributed by atoms with E-state index in [9.17, 15) is 13.2 Å². The number of carbonyl (C=O) groups excluding carboxylic acids is 1. The van der Waals surface area contributed by atoms with Crippen molar-refractivity contribution in [3.05, 3.63) is 23.8 Å². The van der Waals surface area contributed by atoms with Gasteiger partial charge in [0.1, 0.15) is 0 Å². The monoisotopic (exact) mass is 338 g/mol. The van der Waals surface area contributed by atoms with E-state index >= 15 is 0 Å². The Kier molecular flexibility index (Phi) is 4.70. The van der Waals surface area contributed by atoms with Crippen LogP contribution in [0.15, 0.2) is 23.1 Å². The highest BCUT2D eigenvalue weighted by Gasteiger charge is 2.24. The summed E-state index contributed by atoms with van der Waals surface area (Å²) in [5, 5.41) is 0. The van der Waals surface area contributed by atoms with Crippen LogP contribution in [0.2, 0.25) is 0 Å². The number of sulfonamides is 1. The fourth-order valence-corrected chi connectivity index (χ4v) is 4.28. The average Bonchev–Trinajstić information content (AvgIpc) is 3.05. The number of rotatable bonds is 4. The van der Waals surface area contributed by atoms with Gasteiger partial charge in [-0.3, -0.25) is 4.79 Å². The smallest absolute Gasteiger partial charge is 0.240 e. The first-order chi connectivity index (χ1) is 11.0. The van der Waals surface area contributed by atoms with Crippen molar-refractivity contribution in [2.75, 3.05) is 24.6 Å². The highest BCUT2D eigenvalue weighted by atomic mass is 32.2. The van der Waals surface area contributed by atoms with Gasteiger partial charge in [-0.15, -0.1) is 0 Å². The molecule has 7 heteroatoms. The van der Waals surface area contributed by atoms with Crippen molar-refractivity contribution < 1.29 is 17.9 Å². The molecule has 23 heavy (non-hydrogen) atoms. The molecule has 1 N–H and O–H groups in total. The van der Waals surface area contributed by atoms with Crippen LogP contribution in [0.1, 0.15) is 31.7 Å². The van der Waals surface area contributed by atoms with Crippen LogP contribution in [-0.4, -0.2) is 40.1 Å². The second-order valence-electron chi connectivity index (χ2n) is 6.05. The van der Waals surface area contributed by atoms with Gasteiger partial charge in [0, 0.05) is 32.3 Å². The van der Waals surface area contributed by atoms with Crippen LogP contribution < -0.4 is 9.62 Å². The third kappa shape index (κ3) is 3.57. The number of ether oxygens (including phenoxy) is 1. The molecule has 1 atom stereocenters. The molecule has 2 aliphatic heterocycles. The molecule has 1 saturated heterocycles. The van der Waals surface area contributed by atoms with Crippen molar-refractivity contribution in [3.8, 4) is 0 Å². The number of hydrogen-bond donors (Lipinski definition) is 1. The van der Waals surface area contributed by atoms with E-state index in [1.807, 2.05) is 0 Å². The molecule has 0 saturated carbocycles. The van der Waals surface area contributed by atoms with Crippen LogP contribution in [0.4, 0.5) is 5.69 Å². The number of fused-ring (bicyclic) bond motifs is 1. The topological polar surface area (TPSA) is 75.7 Å². The Morgan fingerprint density at radius 3 is 2.91 bits per heavy atom. The van der Waals surface area contributed by atoms with Crippen molar-refractivity contribution in [2.45, 2.75) is 43.6 Å². The first-order valence-corrected chi connectivity index (χ1v) is 9.48. The summed E-state index contributed by atoms with van der Waals surface area (Å²) in [5.74, 6) is -0.0157. The lowest BCUT2D eigenvalue weighted by atomic mass is 10.0. The minimum atomic E-state index is -3.55. The maximum atomic E-state index is 12.4. The van der Waals surface area contributed by atoms with Gasteiger partial charge >= 0.3 is 0 Å². The highest BCUT2D eigenvalue weighted by molar-refractivity contribution is 7.89. The maximum Gasteiger partial charge on any atom is 0.240 e. The van der Waals surface area contributed by atoms with Crippen molar-refractivity contribution >= 4 is 21.6 Å². The fraction of sp³-hybridized carbons (Fsp3) is 0.562. The Labute approximate surface area is 136 Å². The van der Waals surface area contributed by atoms with Gasteiger partial charge in [-0.2, -0.15) is 0 Å². The van der Waals surface area contributed by atoms with Crippen LogP contribution in [0.3, 0.4) is 0 Å². The molecule has 126 valence electrons. The van der Waals surface area contributed by atoms with E-state index in [-0.39, 0.29) is 16.9 Å². The number of amides is 1. The van der Waals surface area contributed by atoms with Gasteiger partial charge in [-0.1, -0.05) is 0 Å². The second kappa shape index (κ2) is 6.59. The van der Waals surface area contributed by atoms with E-state index in [2.05, 4.69) is 4.72 Å². The van der Waals surface area contributed by atoms with E-state index in [0.29, 0.717) is 19.7 Å². The minimum absolute atomic E-state index is 0.0157. The summed E-state index contributed by atoms with van der Waals surface area (Å²) in [6.45, 7) is 3.22. The molecule has 0 unspecified atom stereocenters. The molecule has 2 aliphatic rings. The summed E-state index contributed by atoms with van der Waals surface area (Å²) in [6, 6.07) is 4.98. The van der Waals surface area contributed by atoms with E-state index in [1.165, 1.54) is 6.92 Å². The van der Waals surface area contributed by atoms with Gasteiger partial charge in [0.05, 0.1) is 11.0 Å². The van der Waals surface area contributed by atoms with E-state index in [4.69, 9.17) is 4.74 Å². The van der Waals surface area contributed by atoms with Crippen molar-refractivity contribution in [2.24, 2.45) is 0 Å². The number of hydrogen-bond acceptors (Lipinski definition) is 4. The number of aryl methyl sites for hydroxylation is 1. The van der Waals surface area contributed by atoms with E-state index in [0.717, 1.165) is 36.9 Å². The van der Waals surface area contributed by atoms with Crippen LogP contribution in [0.25, 0.3) is 0 Å². The van der Waals surface area contributed by atoms with Crippen molar-refractivity contribution in [1.82, 2.24) is 4.72 Å². The molecular weight excluding hydrogens is 316 g/mol. The Hall–Kier alpha value is -1.44. The quantitative estimate of drug-likeness (QED) is 0.901. The number of nitrogens with zero attached hydrogens (tertiary/aromatic N) is 1. The van der Waals surface area contributed by atoms with Gasteiger partial charge in [-0.25, -0.2) is 13.1 Å². The molecule has 1 aromatic rings. The first-order valence-electron chi connectivity index (χ1n) is 8.00. The number of carbonyl (C=O) groups is 1. The van der Waals surface area contributed by atoms with Gasteiger partial charge in [0.15, 0.2) is 0 Å². The van der Waals surface area contributed by atoms with Crippen LogP contribution >= 0.6 is 0 Å². The summed E-state index contributed by atoms with van der Waals surface area (Å²) >= 11 is 0. The molecule has 3 rings (SSSR count). The third-order valence-corrected chi connectivity index (χ3v) is 5.81. The van der Waals surface area contributed by atoms with Crippen molar-refractivity contribution in [1.29, 1.82) is 0 Å². The van der Waals surface area contributed by atoms with Gasteiger partial charge in [-0.05, 0) is 49.4 Å². The highest BCUT2D eigenvalue weighted by Crippen LogP contribution is 2.29. The van der Waals surface area contributed by atoms with Crippen molar-refractivity contribution in [3.63, 3.8) is 0 Å². The Bertz CT molecular complexity index is 696. The summed E-state index contributed by atoms with van der Waals surface area (Å²) in [4.78, 5) is 13.6. The molecule has 0 aliphatic carbocycles. The summed E-state index contributed by atoms with van der Waals surface area (Å²) < 4.78 is 33.0. The predicted octanol–water partition coefficient (Wildman–Crippen LogP) is 1.44. The molecule has 1 aromatic carbocycles. The number of nitrogens with one attached hydrogen (secondary N) is 1. The van der Waals surface area contributed by atoms with Crippen LogP contribution in [0.5, 0.6) is 0 Å². The normalized spacial score (nSPS) is 21.3. The zero-order chi connectivity index (χ0) is 16.4. The zero-order valence-electron chi connectivity index (χ0n) is 13.2. The Morgan fingerprint density at radius 1 is 1.39 bits per heavy atom. The SMILES string of the molecule is CC(=O)N1CCCc2cc(S(=O)(=O)NC[C@@H]3CCCO3)ccc21. The minimum Gasteiger partial charge on any atom is -0.377 e. The molecule has 2 heterocycles. The van der Waals surface area contributed by atoms with Gasteiger partial charge < -0.3 is 9.64 Å². The summed E-state index contributed by atoms with van der Waals surface area (Å²) in [7, 11) is -3.55. The molecule has 0 spiro atoms. The number of benzene rings is 1. The maximum absolute atomic E-state index is 12.4. The Balaban J connectivity index is 1.78. The Morgan fingerprint density at radius 2 is 2.22 bits per heavy atom. The van der Waals surface area contributed by atoms with E-state index < -0.39 is 10.0 Å². The molecule has 0 aromatic heterocycles. The van der Waals surface area contributed by atoms with Gasteiger partial charge in [0.25, 0.3) is 0 Å². The second-order valence-corrected chi connectivity index (χ2v) is 7.82. The lowest BCUT2D eigenvalue weighted by molar-refractivity contribution is -0.116. The molecule has 0 bridgehead atoms. The lowest BCUT2D eigenvalue weighted by Crippen LogP contribution is -2.34. The summed E-state index contributed by atoms with van der Waals surface area (Å²) in [6.07, 6.45) is 3.47. The fourth-order valence-electron chi connectivity index (χ4n) is 3.16. The lowest BCUT2D eigenvalue weighted by Gasteiger charge is -2.28. The average molecular weight is 338 g/mol. The molecular formula is C16H22N2O4S. The van der Waals surface area contributed by atoms with Crippen LogP contribution in [-0.2, 0) is 26.0 Å². The van der Waals surface area contributed by atoms with Crippen LogP contribution in [0, 0.1) is 0 Å². The standard InChI is InChI=1S/C16H22N2O4S/c1-12(19)18-8-2-4-13-10-15(6-7-16(13)18)23(20,21)17-11-14-5-3-9-22-14/h6-7,10,14,17H,2-5,8-9,11H2,1H3/t14-/m0/s1. The number of anilines is 1. The zero-order valence-corrected chi connectivity index (χ0v) is 14.1. The summed E-state index contributed by atoms with van der Waals surface area (Å²) in [5.41, 5.74) is 1.73.